The fourth-order valence-electron chi connectivity index (χ4n) is 6.28. The molecule has 0 bridgehead atoms. The smallest absolute Gasteiger partial charge is 0.310 e. The van der Waals surface area contributed by atoms with E-state index in [1.807, 2.05) is 0 Å². The first-order valence-electron chi connectivity index (χ1n) is 14.8. The van der Waals surface area contributed by atoms with E-state index in [4.69, 9.17) is 8.39 Å². The molecule has 2 atom stereocenters. The molecule has 5 heteroatoms. The monoisotopic (exact) mass is 570 g/mol. The molecule has 210 valence electrons. The summed E-state index contributed by atoms with van der Waals surface area (Å²) in [4.78, 5) is 2.63. The van der Waals surface area contributed by atoms with Gasteiger partial charge in [-0.2, -0.15) is 4.67 Å². The van der Waals surface area contributed by atoms with E-state index in [1.165, 1.54) is 16.7 Å². The van der Waals surface area contributed by atoms with E-state index in [2.05, 4.69) is 149 Å². The zero-order chi connectivity index (χ0) is 28.1. The molecular formula is C37H35N2O2P. The van der Waals surface area contributed by atoms with E-state index >= 15 is 0 Å². The van der Waals surface area contributed by atoms with Crippen LogP contribution in [0.1, 0.15) is 16.7 Å². The van der Waals surface area contributed by atoms with Crippen molar-refractivity contribution in [2.75, 3.05) is 17.8 Å². The molecular weight excluding hydrogens is 535 g/mol. The fourth-order valence-corrected chi connectivity index (χ4v) is 8.00. The minimum atomic E-state index is -1.43. The summed E-state index contributed by atoms with van der Waals surface area (Å²) in [5, 5.41) is 2.17. The fraction of sp³-hybridized carbons (Fsp3) is 0.189. The third kappa shape index (κ3) is 5.93. The van der Waals surface area contributed by atoms with E-state index in [9.17, 15) is 0 Å². The molecule has 1 aromatic heterocycles. The summed E-state index contributed by atoms with van der Waals surface area (Å²) in [6, 6.07) is 49.7. The molecule has 2 heterocycles. The van der Waals surface area contributed by atoms with Crippen LogP contribution in [0.15, 0.2) is 148 Å². The molecule has 4 nitrogen and oxygen atoms in total. The second-order valence-electron chi connectivity index (χ2n) is 11.2. The molecule has 1 aliphatic rings. The van der Waals surface area contributed by atoms with Gasteiger partial charge in [0.05, 0.1) is 0 Å². The normalized spacial score (nSPS) is 17.9. The average molecular weight is 571 g/mol. The molecule has 0 N–H and O–H groups in total. The second-order valence-corrected chi connectivity index (χ2v) is 12.5. The van der Waals surface area contributed by atoms with Crippen molar-refractivity contribution < 1.29 is 8.39 Å². The molecule has 1 fully saturated rings. The Kier molecular flexibility index (Phi) is 7.93. The van der Waals surface area contributed by atoms with Gasteiger partial charge in [0, 0.05) is 42.5 Å². The summed E-state index contributed by atoms with van der Waals surface area (Å²) in [6.07, 6.45) is 1.85. The van der Waals surface area contributed by atoms with Gasteiger partial charge >= 0.3 is 8.16 Å². The Balaban J connectivity index is 1.37. The predicted molar refractivity (Wildman–Crippen MR) is 174 cm³/mol. The maximum absolute atomic E-state index is 6.92. The van der Waals surface area contributed by atoms with E-state index in [0.717, 1.165) is 54.4 Å². The SMILES string of the molecule is c1ccc(C[C@H]2CN(Cc3ccccc3)C[C@H](Cc3ccccc3)N2p2oc3ccccc3c3ccccc3o2)cc1. The highest BCUT2D eigenvalue weighted by molar-refractivity contribution is 7.39. The molecule has 1 saturated heterocycles. The number of hydrogen-bond acceptors (Lipinski definition) is 4. The number of piperazine rings is 1. The summed E-state index contributed by atoms with van der Waals surface area (Å²) in [5.41, 5.74) is 5.78. The van der Waals surface area contributed by atoms with Gasteiger partial charge in [-0.3, -0.25) is 4.90 Å². The van der Waals surface area contributed by atoms with Gasteiger partial charge < -0.3 is 8.39 Å². The van der Waals surface area contributed by atoms with Gasteiger partial charge in [-0.1, -0.05) is 127 Å². The lowest BCUT2D eigenvalue weighted by Crippen LogP contribution is -2.59. The molecule has 0 amide bonds. The first-order valence-corrected chi connectivity index (χ1v) is 15.9. The Morgan fingerprint density at radius 3 is 1.38 bits per heavy atom. The maximum atomic E-state index is 6.92. The van der Waals surface area contributed by atoms with Crippen LogP contribution in [0.25, 0.3) is 21.9 Å². The Labute approximate surface area is 248 Å². The Morgan fingerprint density at radius 2 is 0.905 bits per heavy atom. The average Bonchev–Trinajstić information content (AvgIpc) is 3.19. The van der Waals surface area contributed by atoms with Gasteiger partial charge in [0.15, 0.2) is 0 Å². The van der Waals surface area contributed by atoms with Crippen LogP contribution < -0.4 is 4.67 Å². The third-order valence-electron chi connectivity index (χ3n) is 8.17. The standard InChI is InChI=1S/C37H35N2O2P/c1-4-14-29(15-5-1)24-32-27-38(26-31-18-8-3-9-19-31)28-33(25-30-16-6-2-7-17-30)39(32)42-40-36-22-12-10-20-34(36)35-21-11-13-23-37(35)41-42/h1-23,32-33H,24-28H2/t32-,33-/m0/s1. The number of nitrogens with zero attached hydrogens (tertiary/aromatic N) is 2. The number of para-hydroxylation sites is 2. The van der Waals surface area contributed by atoms with Crippen LogP contribution in [0, 0.1) is 0 Å². The van der Waals surface area contributed by atoms with E-state index in [0.29, 0.717) is 0 Å². The summed E-state index contributed by atoms with van der Waals surface area (Å²) in [5.74, 6) is 0. The van der Waals surface area contributed by atoms with Gasteiger partial charge in [0.2, 0.25) is 0 Å². The third-order valence-corrected chi connectivity index (χ3v) is 9.91. The van der Waals surface area contributed by atoms with E-state index < -0.39 is 8.16 Å². The van der Waals surface area contributed by atoms with Crippen molar-refractivity contribution in [3.63, 3.8) is 0 Å². The van der Waals surface area contributed by atoms with Crippen LogP contribution in [-0.2, 0) is 19.4 Å². The molecule has 1 aliphatic heterocycles. The van der Waals surface area contributed by atoms with Crippen LogP contribution in [0.2, 0.25) is 0 Å². The molecule has 42 heavy (non-hydrogen) atoms. The van der Waals surface area contributed by atoms with Crippen molar-refractivity contribution in [2.45, 2.75) is 31.5 Å². The topological polar surface area (TPSA) is 32.8 Å². The van der Waals surface area contributed by atoms with Gasteiger partial charge in [-0.25, -0.2) is 0 Å². The Bertz CT molecular complexity index is 1680. The number of hydrogen-bond donors (Lipinski definition) is 0. The number of rotatable bonds is 7. The summed E-state index contributed by atoms with van der Waals surface area (Å²) < 4.78 is 16.4. The molecule has 0 saturated carbocycles. The van der Waals surface area contributed by atoms with Crippen molar-refractivity contribution >= 4 is 30.1 Å². The van der Waals surface area contributed by atoms with Crippen molar-refractivity contribution in [3.8, 4) is 0 Å². The van der Waals surface area contributed by atoms with E-state index in [-0.39, 0.29) is 12.1 Å². The molecule has 0 radical (unpaired) electrons. The lowest BCUT2D eigenvalue weighted by molar-refractivity contribution is 0.184. The minimum absolute atomic E-state index is 0.210. The molecule has 0 unspecified atom stereocenters. The first kappa shape index (κ1) is 26.8. The zero-order valence-electron chi connectivity index (χ0n) is 23.6. The molecule has 0 spiro atoms. The zero-order valence-corrected chi connectivity index (χ0v) is 24.5. The van der Waals surface area contributed by atoms with Gasteiger partial charge in [-0.05, 0) is 41.7 Å². The van der Waals surface area contributed by atoms with Crippen molar-refractivity contribution in [3.05, 3.63) is 156 Å². The molecule has 5 aromatic carbocycles. The van der Waals surface area contributed by atoms with Crippen molar-refractivity contribution in [1.29, 1.82) is 0 Å². The maximum Gasteiger partial charge on any atom is 0.310 e. The Hall–Kier alpha value is -4.08. The van der Waals surface area contributed by atoms with Crippen molar-refractivity contribution in [1.82, 2.24) is 4.90 Å². The summed E-state index contributed by atoms with van der Waals surface area (Å²) >= 11 is 0. The van der Waals surface area contributed by atoms with Crippen LogP contribution in [-0.4, -0.2) is 30.1 Å². The van der Waals surface area contributed by atoms with Crippen molar-refractivity contribution in [2.24, 2.45) is 0 Å². The Morgan fingerprint density at radius 1 is 0.500 bits per heavy atom. The van der Waals surface area contributed by atoms with Crippen LogP contribution >= 0.6 is 8.16 Å². The van der Waals surface area contributed by atoms with Crippen LogP contribution in [0.4, 0.5) is 0 Å². The summed E-state index contributed by atoms with van der Waals surface area (Å²) in [7, 11) is -1.43. The van der Waals surface area contributed by atoms with Crippen LogP contribution in [0.5, 0.6) is 0 Å². The highest BCUT2D eigenvalue weighted by atomic mass is 31.1. The lowest BCUT2D eigenvalue weighted by Gasteiger charge is -2.45. The van der Waals surface area contributed by atoms with Crippen LogP contribution in [0.3, 0.4) is 0 Å². The summed E-state index contributed by atoms with van der Waals surface area (Å²) in [6.45, 7) is 2.80. The van der Waals surface area contributed by atoms with Gasteiger partial charge in [-0.15, -0.1) is 0 Å². The number of benzene rings is 5. The second kappa shape index (κ2) is 12.4. The largest absolute Gasteiger partial charge is 0.408 e. The lowest BCUT2D eigenvalue weighted by atomic mass is 9.97. The quantitative estimate of drug-likeness (QED) is 0.192. The minimum Gasteiger partial charge on any atom is -0.408 e. The number of fused-ring (bicyclic) bond motifs is 3. The highest BCUT2D eigenvalue weighted by Crippen LogP contribution is 2.42. The van der Waals surface area contributed by atoms with Gasteiger partial charge in [0.25, 0.3) is 0 Å². The molecule has 6 aromatic rings. The molecule has 7 rings (SSSR count). The molecule has 0 aliphatic carbocycles. The van der Waals surface area contributed by atoms with Gasteiger partial charge in [0.1, 0.15) is 11.2 Å². The highest BCUT2D eigenvalue weighted by Gasteiger charge is 2.38. The first-order chi connectivity index (χ1) is 20.8. The predicted octanol–water partition coefficient (Wildman–Crippen LogP) is 8.97. The van der Waals surface area contributed by atoms with E-state index in [1.54, 1.807) is 0 Å².